The molecular formula is C96H68BN3Si2. The lowest BCUT2D eigenvalue weighted by molar-refractivity contribution is 1.18. The van der Waals surface area contributed by atoms with Crippen molar-refractivity contribution in [2.24, 2.45) is 0 Å². The normalized spacial score (nSPS) is 12.5. The summed E-state index contributed by atoms with van der Waals surface area (Å²) < 4.78 is 2.43. The van der Waals surface area contributed by atoms with Gasteiger partial charge in [-0.15, -0.1) is 0 Å². The van der Waals surface area contributed by atoms with Gasteiger partial charge >= 0.3 is 0 Å². The predicted molar refractivity (Wildman–Crippen MR) is 438 cm³/mol. The fraction of sp³-hybridized carbons (Fsp3) is 0. The van der Waals surface area contributed by atoms with Crippen molar-refractivity contribution >= 4 is 137 Å². The molecule has 102 heavy (non-hydrogen) atoms. The van der Waals surface area contributed by atoms with Gasteiger partial charge in [-0.1, -0.05) is 340 Å². The molecule has 0 fully saturated rings. The molecule has 478 valence electrons. The second kappa shape index (κ2) is 25.3. The van der Waals surface area contributed by atoms with Gasteiger partial charge in [0, 0.05) is 50.6 Å². The number of aromatic nitrogens is 1. The summed E-state index contributed by atoms with van der Waals surface area (Å²) in [5.41, 5.74) is 20.9. The Hall–Kier alpha value is -12.6. The van der Waals surface area contributed by atoms with Crippen LogP contribution in [0.5, 0.6) is 0 Å². The lowest BCUT2D eigenvalue weighted by atomic mass is 9.33. The molecule has 17 aromatic rings. The maximum absolute atomic E-state index is 3.10. The third kappa shape index (κ3) is 9.85. The van der Waals surface area contributed by atoms with E-state index < -0.39 is 16.1 Å². The number of para-hydroxylation sites is 2. The van der Waals surface area contributed by atoms with Crippen molar-refractivity contribution in [3.63, 3.8) is 0 Å². The van der Waals surface area contributed by atoms with Gasteiger partial charge in [-0.05, 0) is 164 Å². The molecule has 0 saturated carbocycles. The summed E-state index contributed by atoms with van der Waals surface area (Å²) >= 11 is 0. The van der Waals surface area contributed by atoms with Gasteiger partial charge in [-0.25, -0.2) is 0 Å². The van der Waals surface area contributed by atoms with E-state index >= 15 is 0 Å². The largest absolute Gasteiger partial charge is 0.311 e. The molecular weight excluding hydrogens is 1260 g/mol. The molecule has 0 aliphatic carbocycles. The first-order valence-corrected chi connectivity index (χ1v) is 39.4. The molecule has 6 heteroatoms. The van der Waals surface area contributed by atoms with E-state index in [0.29, 0.717) is 0 Å². The van der Waals surface area contributed by atoms with Crippen LogP contribution in [0.4, 0.5) is 34.1 Å². The fourth-order valence-electron chi connectivity index (χ4n) is 17.2. The molecule has 2 aliphatic heterocycles. The number of hydrogen-bond donors (Lipinski definition) is 0. The molecule has 3 heterocycles. The molecule has 16 aromatic carbocycles. The summed E-state index contributed by atoms with van der Waals surface area (Å²) in [6.07, 6.45) is 0. The molecule has 2 aliphatic rings. The monoisotopic (exact) mass is 1330 g/mol. The van der Waals surface area contributed by atoms with Gasteiger partial charge in [0.25, 0.3) is 6.71 Å². The Labute approximate surface area is 598 Å². The van der Waals surface area contributed by atoms with E-state index in [1.54, 1.807) is 0 Å². The zero-order chi connectivity index (χ0) is 67.6. The van der Waals surface area contributed by atoms with Gasteiger partial charge in [-0.2, -0.15) is 0 Å². The molecule has 3 nitrogen and oxygen atoms in total. The number of hydrogen-bond acceptors (Lipinski definition) is 2. The van der Waals surface area contributed by atoms with E-state index in [1.165, 1.54) is 90.8 Å². The van der Waals surface area contributed by atoms with Crippen LogP contribution in [0, 0.1) is 0 Å². The fourth-order valence-corrected chi connectivity index (χ4v) is 26.8. The summed E-state index contributed by atoms with van der Waals surface area (Å²) in [6, 6.07) is 156. The second-order valence-corrected chi connectivity index (χ2v) is 34.6. The van der Waals surface area contributed by atoms with Crippen LogP contribution in [-0.2, 0) is 0 Å². The minimum atomic E-state index is -3.10. The zero-order valence-corrected chi connectivity index (χ0v) is 58.2. The van der Waals surface area contributed by atoms with Crippen LogP contribution < -0.4 is 67.7 Å². The lowest BCUT2D eigenvalue weighted by Gasteiger charge is -2.45. The van der Waals surface area contributed by atoms with E-state index in [0.717, 1.165) is 62.1 Å². The van der Waals surface area contributed by atoms with Gasteiger partial charge in [0.2, 0.25) is 0 Å². The Kier molecular flexibility index (Phi) is 15.0. The van der Waals surface area contributed by atoms with Crippen molar-refractivity contribution in [3.8, 4) is 39.1 Å². The Morgan fingerprint density at radius 3 is 0.980 bits per heavy atom. The van der Waals surface area contributed by atoms with Crippen molar-refractivity contribution in [1.29, 1.82) is 0 Å². The van der Waals surface area contributed by atoms with Crippen molar-refractivity contribution in [3.05, 3.63) is 413 Å². The Morgan fingerprint density at radius 1 is 0.196 bits per heavy atom. The number of rotatable bonds is 14. The van der Waals surface area contributed by atoms with Crippen LogP contribution in [0.1, 0.15) is 0 Å². The summed E-state index contributed by atoms with van der Waals surface area (Å²) in [5, 5.41) is 13.1. The molecule has 1 aromatic heterocycles. The summed E-state index contributed by atoms with van der Waals surface area (Å²) in [7, 11) is -6.15. The SMILES string of the molecule is c1ccc(-c2cccc(N3c4cc([Si](c5ccccc5)(c5ccccc5)c5ccccc5)ccc4B4c5ccc(-c6ccccc6)cc5N(c5cccc([Si](c6ccccc6)(c6ccccc6)c6ccccc6)c5)c5cc(-c6ccc(-n7c8ccccc8c8ccccc87)cc6)cc3c54)c2)cc1. The maximum atomic E-state index is 2.65. The molecule has 0 amide bonds. The standard InChI is InChI=1S/C96H68BN3Si2/c1-9-31-69(32-10-1)72-35-29-36-76(63-72)99-93-68-85(102(81-44-19-6-20-45-81,82-46-21-7-22-47-82)83-48-23-8-24-49-83)60-62-89(93)97-88-61-57-73(70-33-11-2-12-34-70)64-92(88)100(77-37-30-50-84(67-77)101(78-38-13-3-14-39-78,79-40-15-4-16-41-79)80-42-17-5-18-43-80)95-66-74(65-94(99)96(95)97)71-55-58-75(59-56-71)98-90-53-27-25-51-86(90)87-52-26-28-54-91(87)98/h1-68H. The first-order valence-electron chi connectivity index (χ1n) is 35.4. The van der Waals surface area contributed by atoms with Crippen molar-refractivity contribution in [1.82, 2.24) is 4.57 Å². The van der Waals surface area contributed by atoms with Gasteiger partial charge in [-0.3, -0.25) is 0 Å². The smallest absolute Gasteiger partial charge is 0.252 e. The van der Waals surface area contributed by atoms with Crippen LogP contribution in [0.25, 0.3) is 60.9 Å². The lowest BCUT2D eigenvalue weighted by Crippen LogP contribution is -2.75. The molecule has 0 atom stereocenters. The van der Waals surface area contributed by atoms with Crippen molar-refractivity contribution < 1.29 is 0 Å². The van der Waals surface area contributed by atoms with Gasteiger partial charge in [0.15, 0.2) is 16.1 Å². The van der Waals surface area contributed by atoms with Gasteiger partial charge in [0.05, 0.1) is 11.0 Å². The van der Waals surface area contributed by atoms with Crippen LogP contribution in [0.15, 0.2) is 413 Å². The highest BCUT2D eigenvalue weighted by molar-refractivity contribution is 7.20. The second-order valence-electron chi connectivity index (χ2n) is 27.0. The van der Waals surface area contributed by atoms with E-state index in [2.05, 4.69) is 427 Å². The highest BCUT2D eigenvalue weighted by atomic mass is 28.3. The summed E-state index contributed by atoms with van der Waals surface area (Å²) in [5.74, 6) is 0. The Morgan fingerprint density at radius 2 is 0.520 bits per heavy atom. The van der Waals surface area contributed by atoms with Crippen LogP contribution in [-0.4, -0.2) is 27.4 Å². The van der Waals surface area contributed by atoms with Gasteiger partial charge in [0.1, 0.15) is 0 Å². The number of nitrogens with zero attached hydrogens (tertiary/aromatic N) is 3. The van der Waals surface area contributed by atoms with E-state index in [9.17, 15) is 0 Å². The summed E-state index contributed by atoms with van der Waals surface area (Å²) in [4.78, 5) is 5.29. The van der Waals surface area contributed by atoms with E-state index in [1.807, 2.05) is 0 Å². The molecule has 0 spiro atoms. The quantitative estimate of drug-likeness (QED) is 0.0794. The van der Waals surface area contributed by atoms with Crippen LogP contribution >= 0.6 is 0 Å². The molecule has 0 radical (unpaired) electrons. The average Bonchev–Trinajstić information content (AvgIpc) is 0.940. The first-order chi connectivity index (χ1) is 50.6. The van der Waals surface area contributed by atoms with E-state index in [4.69, 9.17) is 0 Å². The molecule has 0 N–H and O–H groups in total. The minimum absolute atomic E-state index is 0.189. The highest BCUT2D eigenvalue weighted by Gasteiger charge is 2.48. The first kappa shape index (κ1) is 60.6. The Bertz CT molecular complexity index is 5670. The van der Waals surface area contributed by atoms with Gasteiger partial charge < -0.3 is 14.4 Å². The third-order valence-corrected chi connectivity index (χ3v) is 31.2. The molecule has 0 bridgehead atoms. The van der Waals surface area contributed by atoms with Crippen molar-refractivity contribution in [2.45, 2.75) is 0 Å². The van der Waals surface area contributed by atoms with Crippen molar-refractivity contribution in [2.75, 3.05) is 9.80 Å². The van der Waals surface area contributed by atoms with E-state index in [-0.39, 0.29) is 6.71 Å². The van der Waals surface area contributed by atoms with Crippen LogP contribution in [0.3, 0.4) is 0 Å². The molecule has 19 rings (SSSR count). The molecule has 0 unspecified atom stereocenters. The topological polar surface area (TPSA) is 11.4 Å². The highest BCUT2D eigenvalue weighted by Crippen LogP contribution is 2.48. The van der Waals surface area contributed by atoms with Crippen LogP contribution in [0.2, 0.25) is 0 Å². The predicted octanol–water partition coefficient (Wildman–Crippen LogP) is 16.6. The minimum Gasteiger partial charge on any atom is -0.311 e. The number of anilines is 6. The zero-order valence-electron chi connectivity index (χ0n) is 56.2. The summed E-state index contributed by atoms with van der Waals surface area (Å²) in [6.45, 7) is -0.189. The third-order valence-electron chi connectivity index (χ3n) is 21.6. The maximum Gasteiger partial charge on any atom is 0.252 e. The number of fused-ring (bicyclic) bond motifs is 7. The number of benzene rings is 16. The Balaban J connectivity index is 0.924. The molecule has 0 saturated heterocycles. The average molecular weight is 1330 g/mol.